The van der Waals surface area contributed by atoms with Gasteiger partial charge in [0.05, 0.1) is 17.2 Å². The van der Waals surface area contributed by atoms with Gasteiger partial charge >= 0.3 is 11.9 Å². The summed E-state index contributed by atoms with van der Waals surface area (Å²) in [6.07, 6.45) is 2.76. The number of hydrogen-bond donors (Lipinski definition) is 2. The normalized spacial score (nSPS) is 17.3. The van der Waals surface area contributed by atoms with Gasteiger partial charge in [0.2, 0.25) is 0 Å². The molecule has 0 saturated heterocycles. The van der Waals surface area contributed by atoms with Gasteiger partial charge in [-0.2, -0.15) is 0 Å². The molecule has 0 atom stereocenters. The number of esters is 2. The Morgan fingerprint density at radius 3 is 2.10 bits per heavy atom. The quantitative estimate of drug-likeness (QED) is 0.330. The van der Waals surface area contributed by atoms with Crippen molar-refractivity contribution in [3.63, 3.8) is 0 Å². The molecule has 0 heterocycles. The fourth-order valence-electron chi connectivity index (χ4n) is 3.75. The van der Waals surface area contributed by atoms with Gasteiger partial charge in [-0.3, -0.25) is 0 Å². The minimum atomic E-state index is -1.01. The molecule has 0 aliphatic heterocycles. The van der Waals surface area contributed by atoms with Crippen molar-refractivity contribution in [1.29, 1.82) is 0 Å². The van der Waals surface area contributed by atoms with Crippen molar-refractivity contribution in [3.8, 4) is 5.75 Å². The maximum Gasteiger partial charge on any atom is 0.346 e. The van der Waals surface area contributed by atoms with Gasteiger partial charge in [0, 0.05) is 0 Å². The van der Waals surface area contributed by atoms with Crippen LogP contribution in [0.25, 0.3) is 5.76 Å². The summed E-state index contributed by atoms with van der Waals surface area (Å²) in [6.45, 7) is 8.50. The van der Waals surface area contributed by atoms with Crippen LogP contribution in [-0.2, 0) is 20.4 Å². The Bertz CT molecular complexity index is 984. The maximum absolute atomic E-state index is 12.1. The number of benzene rings is 2. The molecule has 0 saturated carbocycles. The average Bonchev–Trinajstić information content (AvgIpc) is 2.65. The van der Waals surface area contributed by atoms with Crippen molar-refractivity contribution < 1.29 is 24.5 Å². The molecular formula is C24H26O5. The molecule has 5 heteroatoms. The third-order valence-corrected chi connectivity index (χ3v) is 5.70. The molecule has 0 fully saturated rings. The van der Waals surface area contributed by atoms with Gasteiger partial charge in [-0.05, 0) is 59.1 Å². The summed E-state index contributed by atoms with van der Waals surface area (Å²) in [4.78, 5) is 24.1. The highest BCUT2D eigenvalue weighted by Gasteiger charge is 2.38. The first-order valence-electron chi connectivity index (χ1n) is 9.61. The number of hydrogen-bond acceptors (Lipinski definition) is 5. The molecule has 2 N–H and O–H groups in total. The molecule has 1 aliphatic rings. The van der Waals surface area contributed by atoms with E-state index in [2.05, 4.69) is 27.7 Å². The van der Waals surface area contributed by atoms with Crippen LogP contribution in [0.15, 0.2) is 48.5 Å². The predicted molar refractivity (Wildman–Crippen MR) is 111 cm³/mol. The number of phenols is 1. The highest BCUT2D eigenvalue weighted by molar-refractivity contribution is 6.02. The third kappa shape index (κ3) is 4.19. The minimum Gasteiger partial charge on any atom is -0.507 e. The zero-order valence-electron chi connectivity index (χ0n) is 17.2. The largest absolute Gasteiger partial charge is 0.507 e. The highest BCUT2D eigenvalue weighted by Crippen LogP contribution is 2.48. The van der Waals surface area contributed by atoms with Gasteiger partial charge in [0.25, 0.3) is 0 Å². The van der Waals surface area contributed by atoms with E-state index in [1.54, 1.807) is 30.3 Å². The van der Waals surface area contributed by atoms with Crippen molar-refractivity contribution in [2.24, 2.45) is 0 Å². The molecule has 0 unspecified atom stereocenters. The van der Waals surface area contributed by atoms with E-state index in [1.807, 2.05) is 0 Å². The van der Waals surface area contributed by atoms with Crippen molar-refractivity contribution in [1.82, 2.24) is 0 Å². The molecule has 0 spiro atoms. The standard InChI is InChI=1S/C24H26O5/c1-23(2)10-11-24(3,4)18-13-19(25)16(12-17(18)23)20(26)14-21(27)29-22(28)15-8-6-5-7-9-15/h5-9,12-14,25-26H,10-11H2,1-4H3. The first kappa shape index (κ1) is 20.6. The van der Waals surface area contributed by atoms with E-state index in [9.17, 15) is 19.8 Å². The van der Waals surface area contributed by atoms with E-state index in [0.29, 0.717) is 0 Å². The van der Waals surface area contributed by atoms with Crippen LogP contribution in [0.5, 0.6) is 5.75 Å². The van der Waals surface area contributed by atoms with Crippen molar-refractivity contribution >= 4 is 17.7 Å². The summed E-state index contributed by atoms with van der Waals surface area (Å²) in [6, 6.07) is 11.5. The zero-order chi connectivity index (χ0) is 21.4. The first-order chi connectivity index (χ1) is 13.5. The monoisotopic (exact) mass is 394 g/mol. The second-order valence-electron chi connectivity index (χ2n) is 8.79. The predicted octanol–water partition coefficient (Wildman–Crippen LogP) is 5.02. The van der Waals surface area contributed by atoms with Crippen LogP contribution >= 0.6 is 0 Å². The number of carbonyl (C=O) groups is 2. The molecule has 29 heavy (non-hydrogen) atoms. The Labute approximate surface area is 170 Å². The van der Waals surface area contributed by atoms with Crippen LogP contribution < -0.4 is 0 Å². The number of rotatable bonds is 3. The third-order valence-electron chi connectivity index (χ3n) is 5.70. The number of ether oxygens (including phenoxy) is 1. The lowest BCUT2D eigenvalue weighted by Crippen LogP contribution is -2.33. The van der Waals surface area contributed by atoms with E-state index < -0.39 is 17.7 Å². The van der Waals surface area contributed by atoms with Crippen LogP contribution in [0.2, 0.25) is 0 Å². The van der Waals surface area contributed by atoms with E-state index in [0.717, 1.165) is 30.0 Å². The Kier molecular flexibility index (Phi) is 5.26. The van der Waals surface area contributed by atoms with Crippen LogP contribution in [0.1, 0.15) is 67.6 Å². The number of carbonyl (C=O) groups excluding carboxylic acids is 2. The number of aliphatic hydroxyl groups excluding tert-OH is 1. The molecule has 0 amide bonds. The van der Waals surface area contributed by atoms with Gasteiger partial charge in [-0.1, -0.05) is 45.9 Å². The van der Waals surface area contributed by atoms with E-state index in [1.165, 1.54) is 12.1 Å². The molecule has 2 aromatic rings. The number of phenolic OH excluding ortho intramolecular Hbond substituents is 1. The molecule has 1 aliphatic carbocycles. The summed E-state index contributed by atoms with van der Waals surface area (Å²) in [5, 5.41) is 20.9. The number of aliphatic hydroxyl groups is 1. The summed E-state index contributed by atoms with van der Waals surface area (Å²) in [7, 11) is 0. The fourth-order valence-corrected chi connectivity index (χ4v) is 3.75. The Morgan fingerprint density at radius 1 is 0.966 bits per heavy atom. The molecule has 0 bridgehead atoms. The Hall–Kier alpha value is -3.08. The van der Waals surface area contributed by atoms with E-state index >= 15 is 0 Å². The topological polar surface area (TPSA) is 83.8 Å². The van der Waals surface area contributed by atoms with Gasteiger partial charge in [-0.25, -0.2) is 9.59 Å². The SMILES string of the molecule is CC1(C)CCC(C)(C)c2cc(C(O)=CC(=O)OC(=O)c3ccccc3)c(O)cc21. The summed E-state index contributed by atoms with van der Waals surface area (Å²) >= 11 is 0. The molecule has 152 valence electrons. The van der Waals surface area contributed by atoms with Gasteiger partial charge < -0.3 is 14.9 Å². The summed E-state index contributed by atoms with van der Waals surface area (Å²) < 4.78 is 4.76. The van der Waals surface area contributed by atoms with Crippen molar-refractivity contribution in [2.75, 3.05) is 0 Å². The van der Waals surface area contributed by atoms with Crippen molar-refractivity contribution in [2.45, 2.75) is 51.4 Å². The van der Waals surface area contributed by atoms with Crippen LogP contribution in [-0.4, -0.2) is 22.2 Å². The number of aromatic hydroxyl groups is 1. The lowest BCUT2D eigenvalue weighted by Gasteiger charge is -2.42. The maximum atomic E-state index is 12.1. The second-order valence-corrected chi connectivity index (χ2v) is 8.79. The van der Waals surface area contributed by atoms with Crippen LogP contribution in [0, 0.1) is 0 Å². The van der Waals surface area contributed by atoms with Gasteiger partial charge in [-0.15, -0.1) is 0 Å². The second kappa shape index (κ2) is 7.39. The molecule has 3 rings (SSSR count). The fraction of sp³-hybridized carbons (Fsp3) is 0.333. The van der Waals surface area contributed by atoms with Crippen molar-refractivity contribution in [3.05, 3.63) is 70.8 Å². The van der Waals surface area contributed by atoms with E-state index in [4.69, 9.17) is 4.74 Å². The zero-order valence-corrected chi connectivity index (χ0v) is 17.2. The lowest BCUT2D eigenvalue weighted by molar-refractivity contribution is -0.132. The lowest BCUT2D eigenvalue weighted by atomic mass is 9.63. The van der Waals surface area contributed by atoms with Gasteiger partial charge in [0.1, 0.15) is 11.5 Å². The molecule has 0 radical (unpaired) electrons. The van der Waals surface area contributed by atoms with Crippen LogP contribution in [0.3, 0.4) is 0 Å². The first-order valence-corrected chi connectivity index (χ1v) is 9.61. The number of fused-ring (bicyclic) bond motifs is 1. The molecule has 5 nitrogen and oxygen atoms in total. The average molecular weight is 394 g/mol. The summed E-state index contributed by atoms with van der Waals surface area (Å²) in [5.74, 6) is -2.38. The minimum absolute atomic E-state index is 0.0960. The molecular weight excluding hydrogens is 368 g/mol. The summed E-state index contributed by atoms with van der Waals surface area (Å²) in [5.41, 5.74) is 2.20. The van der Waals surface area contributed by atoms with Crippen LogP contribution in [0.4, 0.5) is 0 Å². The van der Waals surface area contributed by atoms with Gasteiger partial charge in [0.15, 0.2) is 0 Å². The molecule has 2 aromatic carbocycles. The van der Waals surface area contributed by atoms with E-state index in [-0.39, 0.29) is 27.7 Å². The molecule has 0 aromatic heterocycles. The Morgan fingerprint density at radius 2 is 1.52 bits per heavy atom. The Balaban J connectivity index is 1.90. The highest BCUT2D eigenvalue weighted by atomic mass is 16.6. The smallest absolute Gasteiger partial charge is 0.346 e.